The van der Waals surface area contributed by atoms with E-state index in [-0.39, 0.29) is 5.92 Å². The van der Waals surface area contributed by atoms with E-state index in [2.05, 4.69) is 6.92 Å². The van der Waals surface area contributed by atoms with Gasteiger partial charge in [0.15, 0.2) is 0 Å². The van der Waals surface area contributed by atoms with E-state index in [1.54, 1.807) is 6.92 Å². The first kappa shape index (κ1) is 11.4. The number of nitrogens with two attached hydrogens (primary N) is 1. The maximum atomic E-state index is 10.5. The second-order valence-electron chi connectivity index (χ2n) is 3.33. The first-order valence-electron chi connectivity index (χ1n) is 4.54. The Hall–Kier alpha value is -0.570. The Balaban J connectivity index is 3.58. The summed E-state index contributed by atoms with van der Waals surface area (Å²) in [6, 6.07) is 0. The molecule has 3 N–H and O–H groups in total. The minimum absolute atomic E-state index is 0.231. The van der Waals surface area contributed by atoms with Crippen LogP contribution in [0.4, 0.5) is 0 Å². The van der Waals surface area contributed by atoms with Crippen LogP contribution >= 0.6 is 0 Å². The predicted molar refractivity (Wildman–Crippen MR) is 48.9 cm³/mol. The van der Waals surface area contributed by atoms with Gasteiger partial charge in [-0.1, -0.05) is 20.3 Å². The summed E-state index contributed by atoms with van der Waals surface area (Å²) in [7, 11) is 0. The van der Waals surface area contributed by atoms with Crippen molar-refractivity contribution in [3.8, 4) is 0 Å². The van der Waals surface area contributed by atoms with Crippen molar-refractivity contribution in [1.29, 1.82) is 0 Å². The maximum absolute atomic E-state index is 10.5. The van der Waals surface area contributed by atoms with Gasteiger partial charge in [-0.2, -0.15) is 0 Å². The van der Waals surface area contributed by atoms with Gasteiger partial charge in [0, 0.05) is 0 Å². The highest BCUT2D eigenvalue weighted by molar-refractivity contribution is 5.69. The second-order valence-corrected chi connectivity index (χ2v) is 3.33. The topological polar surface area (TPSA) is 63.3 Å². The van der Waals surface area contributed by atoms with Gasteiger partial charge < -0.3 is 10.8 Å². The van der Waals surface area contributed by atoms with Crippen molar-refractivity contribution < 1.29 is 9.90 Å². The highest BCUT2D eigenvalue weighted by Gasteiger charge is 2.12. The molecule has 3 heteroatoms. The molecule has 0 aliphatic rings. The van der Waals surface area contributed by atoms with E-state index >= 15 is 0 Å². The molecule has 0 aromatic carbocycles. The molecule has 0 heterocycles. The lowest BCUT2D eigenvalue weighted by atomic mass is 9.95. The van der Waals surface area contributed by atoms with Crippen LogP contribution < -0.4 is 5.73 Å². The average molecular weight is 173 g/mol. The molecule has 0 aromatic heterocycles. The first-order valence-corrected chi connectivity index (χ1v) is 4.54. The first-order chi connectivity index (χ1) is 5.61. The van der Waals surface area contributed by atoms with Crippen LogP contribution in [-0.2, 0) is 4.79 Å². The maximum Gasteiger partial charge on any atom is 0.306 e. The van der Waals surface area contributed by atoms with Crippen LogP contribution in [0.25, 0.3) is 0 Å². The molecule has 0 bridgehead atoms. The zero-order valence-corrected chi connectivity index (χ0v) is 7.92. The van der Waals surface area contributed by atoms with Crippen LogP contribution in [0.1, 0.15) is 33.1 Å². The summed E-state index contributed by atoms with van der Waals surface area (Å²) in [5.74, 6) is -0.445. The van der Waals surface area contributed by atoms with Crippen LogP contribution in [0.2, 0.25) is 0 Å². The van der Waals surface area contributed by atoms with E-state index in [1.807, 2.05) is 0 Å². The van der Waals surface area contributed by atoms with E-state index in [0.29, 0.717) is 12.5 Å². The van der Waals surface area contributed by atoms with Crippen LogP contribution in [0.5, 0.6) is 0 Å². The SMILES string of the molecule is CCC(CN)CCC(C)C(=O)O. The molecule has 2 unspecified atom stereocenters. The lowest BCUT2D eigenvalue weighted by molar-refractivity contribution is -0.141. The summed E-state index contributed by atoms with van der Waals surface area (Å²) >= 11 is 0. The summed E-state index contributed by atoms with van der Waals surface area (Å²) in [5, 5.41) is 8.61. The fourth-order valence-corrected chi connectivity index (χ4v) is 1.10. The van der Waals surface area contributed by atoms with Crippen molar-refractivity contribution in [2.75, 3.05) is 6.54 Å². The van der Waals surface area contributed by atoms with Crippen LogP contribution in [-0.4, -0.2) is 17.6 Å². The Morgan fingerprint density at radius 3 is 2.42 bits per heavy atom. The molecule has 0 aliphatic carbocycles. The largest absolute Gasteiger partial charge is 0.481 e. The molecular formula is C9H19NO2. The molecule has 0 saturated heterocycles. The zero-order chi connectivity index (χ0) is 9.56. The summed E-state index contributed by atoms with van der Waals surface area (Å²) in [4.78, 5) is 10.5. The van der Waals surface area contributed by atoms with Gasteiger partial charge >= 0.3 is 5.97 Å². The molecule has 0 spiro atoms. The number of hydrogen-bond acceptors (Lipinski definition) is 2. The summed E-state index contributed by atoms with van der Waals surface area (Å²) in [5.41, 5.74) is 5.50. The normalized spacial score (nSPS) is 15.6. The number of carboxylic acids is 1. The van der Waals surface area contributed by atoms with Crippen molar-refractivity contribution in [3.05, 3.63) is 0 Å². The molecule has 3 nitrogen and oxygen atoms in total. The van der Waals surface area contributed by atoms with E-state index < -0.39 is 5.97 Å². The van der Waals surface area contributed by atoms with Gasteiger partial charge in [-0.15, -0.1) is 0 Å². The van der Waals surface area contributed by atoms with Gasteiger partial charge in [-0.3, -0.25) is 4.79 Å². The molecule has 0 aliphatic heterocycles. The number of rotatable bonds is 6. The molecule has 0 rings (SSSR count). The van der Waals surface area contributed by atoms with E-state index in [0.717, 1.165) is 19.3 Å². The van der Waals surface area contributed by atoms with Crippen molar-refractivity contribution >= 4 is 5.97 Å². The van der Waals surface area contributed by atoms with Crippen LogP contribution in [0.3, 0.4) is 0 Å². The molecule has 0 amide bonds. The Morgan fingerprint density at radius 2 is 2.08 bits per heavy atom. The van der Waals surface area contributed by atoms with Crippen LogP contribution in [0.15, 0.2) is 0 Å². The molecule has 0 fully saturated rings. The van der Waals surface area contributed by atoms with Gasteiger partial charge in [0.25, 0.3) is 0 Å². The number of hydrogen-bond donors (Lipinski definition) is 2. The molecule has 72 valence electrons. The average Bonchev–Trinajstić information content (AvgIpc) is 2.05. The Labute approximate surface area is 74.0 Å². The third-order valence-electron chi connectivity index (χ3n) is 2.34. The molecule has 0 saturated carbocycles. The summed E-state index contributed by atoms with van der Waals surface area (Å²) < 4.78 is 0. The standard InChI is InChI=1S/C9H19NO2/c1-3-8(6-10)5-4-7(2)9(11)12/h7-8H,3-6,10H2,1-2H3,(H,11,12). The van der Waals surface area contributed by atoms with E-state index in [4.69, 9.17) is 10.8 Å². The minimum atomic E-state index is -0.707. The summed E-state index contributed by atoms with van der Waals surface area (Å²) in [6.07, 6.45) is 2.72. The summed E-state index contributed by atoms with van der Waals surface area (Å²) in [6.45, 7) is 4.50. The quantitative estimate of drug-likeness (QED) is 0.639. The Kier molecular flexibility index (Phi) is 5.72. The molecule has 2 atom stereocenters. The van der Waals surface area contributed by atoms with Gasteiger partial charge in [0.05, 0.1) is 5.92 Å². The van der Waals surface area contributed by atoms with E-state index in [9.17, 15) is 4.79 Å². The minimum Gasteiger partial charge on any atom is -0.481 e. The van der Waals surface area contributed by atoms with Crippen molar-refractivity contribution in [1.82, 2.24) is 0 Å². The number of carboxylic acid groups (broad SMARTS) is 1. The third kappa shape index (κ3) is 4.34. The van der Waals surface area contributed by atoms with E-state index in [1.165, 1.54) is 0 Å². The van der Waals surface area contributed by atoms with Gasteiger partial charge in [-0.25, -0.2) is 0 Å². The van der Waals surface area contributed by atoms with Gasteiger partial charge in [-0.05, 0) is 25.3 Å². The fraction of sp³-hybridized carbons (Fsp3) is 0.889. The number of aliphatic carboxylic acids is 1. The van der Waals surface area contributed by atoms with Crippen molar-refractivity contribution in [2.45, 2.75) is 33.1 Å². The predicted octanol–water partition coefficient (Wildman–Crippen LogP) is 1.47. The zero-order valence-electron chi connectivity index (χ0n) is 7.92. The lowest BCUT2D eigenvalue weighted by Crippen LogP contribution is -2.16. The van der Waals surface area contributed by atoms with Gasteiger partial charge in [0.2, 0.25) is 0 Å². The Morgan fingerprint density at radius 1 is 1.50 bits per heavy atom. The highest BCUT2D eigenvalue weighted by Crippen LogP contribution is 2.14. The second kappa shape index (κ2) is 6.00. The molecular weight excluding hydrogens is 154 g/mol. The fourth-order valence-electron chi connectivity index (χ4n) is 1.10. The lowest BCUT2D eigenvalue weighted by Gasteiger charge is -2.13. The van der Waals surface area contributed by atoms with Crippen molar-refractivity contribution in [2.24, 2.45) is 17.6 Å². The van der Waals surface area contributed by atoms with Gasteiger partial charge in [0.1, 0.15) is 0 Å². The molecule has 12 heavy (non-hydrogen) atoms. The highest BCUT2D eigenvalue weighted by atomic mass is 16.4. The molecule has 0 aromatic rings. The number of carbonyl (C=O) groups is 1. The molecule has 0 radical (unpaired) electrons. The Bertz CT molecular complexity index is 132. The van der Waals surface area contributed by atoms with Crippen LogP contribution in [0, 0.1) is 11.8 Å². The van der Waals surface area contributed by atoms with Crippen molar-refractivity contribution in [3.63, 3.8) is 0 Å². The third-order valence-corrected chi connectivity index (χ3v) is 2.34. The monoisotopic (exact) mass is 173 g/mol. The smallest absolute Gasteiger partial charge is 0.306 e.